The Kier molecular flexibility index (Phi) is 2.65. The summed E-state index contributed by atoms with van der Waals surface area (Å²) in [5.41, 5.74) is 0. The molecule has 1 atom stereocenters. The van der Waals surface area contributed by atoms with Crippen LogP contribution in [0.3, 0.4) is 0 Å². The number of hydrogen-bond donors (Lipinski definition) is 1. The Hall–Kier alpha value is -0.730. The highest BCUT2D eigenvalue weighted by Crippen LogP contribution is 2.39. The van der Waals surface area contributed by atoms with Crippen LogP contribution in [-0.4, -0.2) is 40.7 Å². The van der Waals surface area contributed by atoms with Crippen LogP contribution in [0.5, 0.6) is 0 Å². The average Bonchev–Trinajstić information content (AvgIpc) is 2.58. The minimum absolute atomic E-state index is 0.0141. The minimum Gasteiger partial charge on any atom is -0.337 e. The minimum atomic E-state index is -0.0636. The summed E-state index contributed by atoms with van der Waals surface area (Å²) >= 11 is 1.78. The maximum Gasteiger partial charge on any atom is 0.287 e. The largest absolute Gasteiger partial charge is 0.337 e. The lowest BCUT2D eigenvalue weighted by atomic mass is 10.0. The first kappa shape index (κ1) is 10.8. The molecule has 0 saturated carbocycles. The second-order valence-electron chi connectivity index (χ2n) is 4.44. The van der Waals surface area contributed by atoms with Gasteiger partial charge in [-0.3, -0.25) is 9.64 Å². The molecule has 0 aromatic heterocycles. The molecule has 0 radical (unpaired) electrons. The highest BCUT2D eigenvalue weighted by atomic mass is 32.2. The van der Waals surface area contributed by atoms with Crippen LogP contribution in [-0.2, 0) is 4.79 Å². The number of carbonyl (C=O) groups is 1. The van der Waals surface area contributed by atoms with E-state index in [2.05, 4.69) is 10.2 Å². The number of likely N-dealkylation sites (tertiary alicyclic amines) is 1. The molecule has 2 rings (SSSR count). The molecule has 2 heterocycles. The molecule has 0 aliphatic carbocycles. The molecule has 5 heteroatoms. The van der Waals surface area contributed by atoms with Crippen LogP contribution in [0, 0.1) is 12.5 Å². The Balaban J connectivity index is 1.88. The molecule has 0 unspecified atom stereocenters. The van der Waals surface area contributed by atoms with Crippen molar-refractivity contribution < 1.29 is 4.79 Å². The Morgan fingerprint density at radius 1 is 1.67 bits per heavy atom. The monoisotopic (exact) mass is 225 g/mol. The van der Waals surface area contributed by atoms with Crippen molar-refractivity contribution in [1.82, 2.24) is 10.2 Å². The second kappa shape index (κ2) is 3.69. The lowest BCUT2D eigenvalue weighted by Crippen LogP contribution is -2.67. The summed E-state index contributed by atoms with van der Waals surface area (Å²) in [6.45, 7) is 12.3. The van der Waals surface area contributed by atoms with E-state index >= 15 is 0 Å². The van der Waals surface area contributed by atoms with Crippen molar-refractivity contribution in [3.63, 3.8) is 0 Å². The number of nitrogens with one attached hydrogen (secondary N) is 1. The van der Waals surface area contributed by atoms with E-state index in [1.165, 1.54) is 0 Å². The fourth-order valence-corrected chi connectivity index (χ4v) is 3.32. The number of rotatable bonds is 1. The van der Waals surface area contributed by atoms with Gasteiger partial charge in [0.25, 0.3) is 6.17 Å². The second-order valence-corrected chi connectivity index (χ2v) is 5.85. The van der Waals surface area contributed by atoms with Crippen LogP contribution in [0.15, 0.2) is 0 Å². The molecule has 0 aromatic rings. The van der Waals surface area contributed by atoms with Gasteiger partial charge < -0.3 is 4.90 Å². The summed E-state index contributed by atoms with van der Waals surface area (Å²) in [4.78, 5) is 17.0. The van der Waals surface area contributed by atoms with Gasteiger partial charge in [0.2, 0.25) is 5.91 Å². The third-order valence-electron chi connectivity index (χ3n) is 2.80. The normalized spacial score (nSPS) is 27.9. The lowest BCUT2D eigenvalue weighted by Gasteiger charge is -2.47. The summed E-state index contributed by atoms with van der Waals surface area (Å²) < 4.78 is 0. The third-order valence-corrected chi connectivity index (χ3v) is 4.21. The molecule has 0 aromatic carbocycles. The highest BCUT2D eigenvalue weighted by molar-refractivity contribution is 8.01. The van der Waals surface area contributed by atoms with E-state index in [0.717, 1.165) is 18.8 Å². The van der Waals surface area contributed by atoms with E-state index in [0.29, 0.717) is 0 Å². The molecule has 2 saturated heterocycles. The predicted octanol–water partition coefficient (Wildman–Crippen LogP) is 0.763. The van der Waals surface area contributed by atoms with Gasteiger partial charge in [0.15, 0.2) is 0 Å². The van der Waals surface area contributed by atoms with Crippen molar-refractivity contribution >= 4 is 17.7 Å². The molecule has 1 amide bonds. The van der Waals surface area contributed by atoms with Gasteiger partial charge in [-0.1, -0.05) is 13.8 Å². The molecule has 15 heavy (non-hydrogen) atoms. The molecular formula is C10H15N3OS. The standard InChI is InChI=1S/C10H15N3OS/c1-7(2)9(14)13-5-10(6-13)12-8(11-3)4-15-10/h7-8,12H,4-6H2,1-2H3/t8-/m0/s1. The smallest absolute Gasteiger partial charge is 0.287 e. The Labute approximate surface area is 94.2 Å². The molecule has 2 aliphatic rings. The van der Waals surface area contributed by atoms with Crippen LogP contribution < -0.4 is 5.32 Å². The first-order chi connectivity index (χ1) is 7.06. The Bertz CT molecular complexity index is 317. The van der Waals surface area contributed by atoms with E-state index in [4.69, 9.17) is 6.57 Å². The van der Waals surface area contributed by atoms with Crippen molar-refractivity contribution in [2.75, 3.05) is 18.8 Å². The maximum absolute atomic E-state index is 11.6. The van der Waals surface area contributed by atoms with Crippen LogP contribution in [0.25, 0.3) is 4.85 Å². The van der Waals surface area contributed by atoms with Crippen molar-refractivity contribution in [3.8, 4) is 0 Å². The van der Waals surface area contributed by atoms with Gasteiger partial charge in [-0.15, -0.1) is 11.8 Å². The first-order valence-corrected chi connectivity index (χ1v) is 6.12. The van der Waals surface area contributed by atoms with E-state index < -0.39 is 0 Å². The van der Waals surface area contributed by atoms with Crippen LogP contribution >= 0.6 is 11.8 Å². The van der Waals surface area contributed by atoms with Crippen molar-refractivity contribution in [3.05, 3.63) is 11.4 Å². The molecule has 0 bridgehead atoms. The van der Waals surface area contributed by atoms with Crippen molar-refractivity contribution in [1.29, 1.82) is 0 Å². The summed E-state index contributed by atoms with van der Waals surface area (Å²) in [5, 5.41) is 3.29. The zero-order chi connectivity index (χ0) is 11.1. The molecule has 4 nitrogen and oxygen atoms in total. The third kappa shape index (κ3) is 1.84. The molecule has 1 spiro atoms. The van der Waals surface area contributed by atoms with Gasteiger partial charge in [0.05, 0.1) is 18.8 Å². The number of hydrogen-bond acceptors (Lipinski definition) is 3. The average molecular weight is 225 g/mol. The zero-order valence-corrected chi connectivity index (χ0v) is 9.80. The quantitative estimate of drug-likeness (QED) is 0.669. The van der Waals surface area contributed by atoms with Gasteiger partial charge in [0, 0.05) is 5.92 Å². The number of nitrogens with zero attached hydrogens (tertiary/aromatic N) is 2. The fourth-order valence-electron chi connectivity index (χ4n) is 1.97. The van der Waals surface area contributed by atoms with E-state index in [1.807, 2.05) is 18.7 Å². The summed E-state index contributed by atoms with van der Waals surface area (Å²) in [6, 6.07) is 0. The molecule has 82 valence electrons. The van der Waals surface area contributed by atoms with Gasteiger partial charge in [-0.05, 0) is 0 Å². The molecule has 1 N–H and O–H groups in total. The van der Waals surface area contributed by atoms with E-state index in [1.54, 1.807) is 11.8 Å². The lowest BCUT2D eigenvalue weighted by molar-refractivity contribution is -0.140. The Morgan fingerprint density at radius 3 is 2.80 bits per heavy atom. The first-order valence-electron chi connectivity index (χ1n) is 5.13. The van der Waals surface area contributed by atoms with Gasteiger partial charge in [-0.25, -0.2) is 11.9 Å². The van der Waals surface area contributed by atoms with Gasteiger partial charge in [0.1, 0.15) is 4.87 Å². The van der Waals surface area contributed by atoms with Crippen LogP contribution in [0.4, 0.5) is 0 Å². The molecule has 2 aliphatic heterocycles. The van der Waals surface area contributed by atoms with Crippen LogP contribution in [0.1, 0.15) is 13.8 Å². The van der Waals surface area contributed by atoms with Gasteiger partial charge in [-0.2, -0.15) is 0 Å². The molecular weight excluding hydrogens is 210 g/mol. The summed E-state index contributed by atoms with van der Waals surface area (Å²) in [6.07, 6.45) is -0.0636. The maximum atomic E-state index is 11.6. The van der Waals surface area contributed by atoms with E-state index in [9.17, 15) is 4.79 Å². The van der Waals surface area contributed by atoms with Crippen molar-refractivity contribution in [2.24, 2.45) is 5.92 Å². The van der Waals surface area contributed by atoms with Gasteiger partial charge >= 0.3 is 0 Å². The number of carbonyl (C=O) groups excluding carboxylic acids is 1. The fraction of sp³-hybridized carbons (Fsp3) is 0.800. The topological polar surface area (TPSA) is 36.7 Å². The highest BCUT2D eigenvalue weighted by Gasteiger charge is 2.52. The summed E-state index contributed by atoms with van der Waals surface area (Å²) in [7, 11) is 0. The van der Waals surface area contributed by atoms with Crippen molar-refractivity contribution in [2.45, 2.75) is 24.9 Å². The number of thioether (sulfide) groups is 1. The van der Waals surface area contributed by atoms with E-state index in [-0.39, 0.29) is 22.9 Å². The predicted molar refractivity (Wildman–Crippen MR) is 60.1 cm³/mol. The number of amides is 1. The summed E-state index contributed by atoms with van der Waals surface area (Å²) in [5.74, 6) is 1.13. The van der Waals surface area contributed by atoms with Crippen LogP contribution in [0.2, 0.25) is 0 Å². The SMILES string of the molecule is [C-]#[N+][C@@H]1CSC2(CN(C(=O)C(C)C)C2)N1. The zero-order valence-electron chi connectivity index (χ0n) is 8.99. The molecule has 2 fully saturated rings. The Morgan fingerprint density at radius 2 is 2.33 bits per heavy atom.